The molecule has 0 aliphatic rings. The molecule has 0 aromatic carbocycles. The van der Waals surface area contributed by atoms with Gasteiger partial charge in [-0.3, -0.25) is 14.4 Å². The summed E-state index contributed by atoms with van der Waals surface area (Å²) in [5, 5.41) is 11.4. The maximum Gasteiger partial charge on any atom is 0.256 e. The Labute approximate surface area is 186 Å². The Bertz CT molecular complexity index is 631. The quantitative estimate of drug-likeness (QED) is 0.359. The number of rotatable bonds is 17. The summed E-state index contributed by atoms with van der Waals surface area (Å²) >= 11 is 0. The van der Waals surface area contributed by atoms with E-state index in [-0.39, 0.29) is 39.3 Å². The van der Waals surface area contributed by atoms with Crippen LogP contribution < -0.4 is 0 Å². The zero-order valence-electron chi connectivity index (χ0n) is 18.4. The van der Waals surface area contributed by atoms with Crippen molar-refractivity contribution in [2.24, 2.45) is 0 Å². The van der Waals surface area contributed by atoms with Crippen LogP contribution in [0.1, 0.15) is 12.8 Å². The first-order chi connectivity index (χ1) is 14.7. The molecule has 0 saturated carbocycles. The molecule has 0 rings (SSSR count). The molecule has 0 radical (unpaired) electrons. The van der Waals surface area contributed by atoms with E-state index in [1.165, 1.54) is 51.2 Å². The Kier molecular flexibility index (Phi) is 13.2. The Morgan fingerprint density at radius 2 is 0.839 bits per heavy atom. The van der Waals surface area contributed by atoms with Crippen LogP contribution in [-0.4, -0.2) is 82.4 Å². The number of amides is 3. The maximum absolute atomic E-state index is 13.3. The van der Waals surface area contributed by atoms with E-state index in [4.69, 9.17) is 0 Å². The van der Waals surface area contributed by atoms with Crippen LogP contribution in [0.2, 0.25) is 0 Å². The molecule has 0 spiro atoms. The highest BCUT2D eigenvalue weighted by Crippen LogP contribution is 2.23. The lowest BCUT2D eigenvalue weighted by Gasteiger charge is -2.34. The fraction of sp³-hybridized carbons (Fsp3) is 0.375. The van der Waals surface area contributed by atoms with Crippen molar-refractivity contribution in [3.8, 4) is 0 Å². The van der Waals surface area contributed by atoms with Crippen LogP contribution in [0.15, 0.2) is 75.9 Å². The fourth-order valence-corrected chi connectivity index (χ4v) is 2.96. The molecule has 170 valence electrons. The molecule has 0 aromatic heterocycles. The highest BCUT2D eigenvalue weighted by Gasteiger charge is 2.44. The number of hydrogen-bond acceptors (Lipinski definition) is 4. The summed E-state index contributed by atoms with van der Waals surface area (Å²) in [5.41, 5.74) is -2.25. The largest absolute Gasteiger partial charge is 0.379 e. The van der Waals surface area contributed by atoms with E-state index in [0.717, 1.165) is 0 Å². The molecule has 0 unspecified atom stereocenters. The Hall–Kier alpha value is -3.19. The minimum absolute atomic E-state index is 0.127. The standard InChI is InChI=1S/C24H35N3O4/c1-7-13-25(14-8-2)21(28)19-24(31,23(30)27(17-11-5)18-12-6)20-22(29)26(15-9-3)16-10-4/h7-12,31H,1-6,13-20H2. The van der Waals surface area contributed by atoms with Crippen molar-refractivity contribution in [2.45, 2.75) is 18.4 Å². The van der Waals surface area contributed by atoms with Gasteiger partial charge in [0.15, 0.2) is 5.60 Å². The fourth-order valence-electron chi connectivity index (χ4n) is 2.96. The van der Waals surface area contributed by atoms with Gasteiger partial charge in [0.1, 0.15) is 0 Å². The van der Waals surface area contributed by atoms with Gasteiger partial charge in [0, 0.05) is 39.3 Å². The van der Waals surface area contributed by atoms with Crippen LogP contribution in [0.25, 0.3) is 0 Å². The van der Waals surface area contributed by atoms with Gasteiger partial charge in [0.2, 0.25) is 11.8 Å². The smallest absolute Gasteiger partial charge is 0.256 e. The van der Waals surface area contributed by atoms with E-state index in [2.05, 4.69) is 39.5 Å². The highest BCUT2D eigenvalue weighted by molar-refractivity contribution is 5.95. The second-order valence-electron chi connectivity index (χ2n) is 6.92. The average Bonchev–Trinajstić information content (AvgIpc) is 2.72. The first-order valence-electron chi connectivity index (χ1n) is 9.97. The lowest BCUT2D eigenvalue weighted by molar-refractivity contribution is -0.161. The molecule has 0 aromatic rings. The van der Waals surface area contributed by atoms with Crippen LogP contribution in [0.4, 0.5) is 0 Å². The van der Waals surface area contributed by atoms with Crippen molar-refractivity contribution in [1.82, 2.24) is 14.7 Å². The minimum Gasteiger partial charge on any atom is -0.379 e. The molecule has 0 bridgehead atoms. The Balaban J connectivity index is 6.04. The van der Waals surface area contributed by atoms with Crippen molar-refractivity contribution >= 4 is 17.7 Å². The van der Waals surface area contributed by atoms with E-state index in [0.29, 0.717) is 0 Å². The molecule has 0 heterocycles. The average molecular weight is 430 g/mol. The van der Waals surface area contributed by atoms with E-state index < -0.39 is 36.2 Å². The van der Waals surface area contributed by atoms with Crippen LogP contribution in [0, 0.1) is 0 Å². The third-order valence-corrected chi connectivity index (χ3v) is 4.37. The van der Waals surface area contributed by atoms with Gasteiger partial charge >= 0.3 is 0 Å². The Morgan fingerprint density at radius 1 is 0.581 bits per heavy atom. The summed E-state index contributed by atoms with van der Waals surface area (Å²) in [6, 6.07) is 0. The van der Waals surface area contributed by atoms with Crippen LogP contribution in [0.5, 0.6) is 0 Å². The molecule has 0 atom stereocenters. The minimum atomic E-state index is -2.25. The molecule has 0 aliphatic heterocycles. The monoisotopic (exact) mass is 429 g/mol. The van der Waals surface area contributed by atoms with E-state index in [1.807, 2.05) is 0 Å². The van der Waals surface area contributed by atoms with Gasteiger partial charge in [0.25, 0.3) is 5.91 Å². The molecular weight excluding hydrogens is 394 g/mol. The van der Waals surface area contributed by atoms with Gasteiger partial charge in [-0.1, -0.05) is 36.5 Å². The van der Waals surface area contributed by atoms with Gasteiger partial charge in [0.05, 0.1) is 12.8 Å². The third kappa shape index (κ3) is 9.00. The van der Waals surface area contributed by atoms with Gasteiger partial charge < -0.3 is 19.8 Å². The number of hydrogen-bond donors (Lipinski definition) is 1. The molecular formula is C24H35N3O4. The van der Waals surface area contributed by atoms with Crippen LogP contribution in [-0.2, 0) is 14.4 Å². The van der Waals surface area contributed by atoms with Crippen LogP contribution >= 0.6 is 0 Å². The first-order valence-corrected chi connectivity index (χ1v) is 9.97. The number of nitrogens with zero attached hydrogens (tertiary/aromatic N) is 3. The molecule has 7 nitrogen and oxygen atoms in total. The number of carbonyl (C=O) groups is 3. The second-order valence-corrected chi connectivity index (χ2v) is 6.92. The first kappa shape index (κ1) is 27.8. The van der Waals surface area contributed by atoms with Crippen molar-refractivity contribution in [3.05, 3.63) is 75.9 Å². The summed E-state index contributed by atoms with van der Waals surface area (Å²) in [5.74, 6) is -1.75. The SMILES string of the molecule is C=CCN(CC=C)C(=O)CC(O)(CC(=O)N(CC=C)CC=C)C(=O)N(CC=C)CC=C. The molecule has 0 aliphatic carbocycles. The van der Waals surface area contributed by atoms with E-state index in [9.17, 15) is 19.5 Å². The van der Waals surface area contributed by atoms with Crippen molar-refractivity contribution < 1.29 is 19.5 Å². The number of carbonyl (C=O) groups excluding carboxylic acids is 3. The third-order valence-electron chi connectivity index (χ3n) is 4.37. The van der Waals surface area contributed by atoms with Crippen LogP contribution in [0.3, 0.4) is 0 Å². The lowest BCUT2D eigenvalue weighted by Crippen LogP contribution is -2.54. The predicted octanol–water partition coefficient (Wildman–Crippen LogP) is 2.10. The molecule has 31 heavy (non-hydrogen) atoms. The summed E-state index contributed by atoms with van der Waals surface area (Å²) in [6.07, 6.45) is 7.98. The second kappa shape index (κ2) is 14.7. The van der Waals surface area contributed by atoms with E-state index in [1.54, 1.807) is 0 Å². The van der Waals surface area contributed by atoms with Gasteiger partial charge in [-0.2, -0.15) is 0 Å². The highest BCUT2D eigenvalue weighted by atomic mass is 16.3. The van der Waals surface area contributed by atoms with E-state index >= 15 is 0 Å². The normalized spacial score (nSPS) is 10.4. The molecule has 0 fully saturated rings. The van der Waals surface area contributed by atoms with Crippen molar-refractivity contribution in [3.63, 3.8) is 0 Å². The lowest BCUT2D eigenvalue weighted by atomic mass is 9.91. The summed E-state index contributed by atoms with van der Waals surface area (Å²) in [4.78, 5) is 43.1. The number of aliphatic hydroxyl groups is 1. The van der Waals surface area contributed by atoms with Crippen molar-refractivity contribution in [2.75, 3.05) is 39.3 Å². The predicted molar refractivity (Wildman–Crippen MR) is 125 cm³/mol. The molecule has 0 saturated heterocycles. The summed E-state index contributed by atoms with van der Waals surface area (Å²) in [7, 11) is 0. The molecule has 7 heteroatoms. The van der Waals surface area contributed by atoms with Crippen molar-refractivity contribution in [1.29, 1.82) is 0 Å². The Morgan fingerprint density at radius 3 is 1.10 bits per heavy atom. The zero-order chi connectivity index (χ0) is 23.9. The molecule has 1 N–H and O–H groups in total. The summed E-state index contributed by atoms with van der Waals surface area (Å²) < 4.78 is 0. The maximum atomic E-state index is 13.3. The topological polar surface area (TPSA) is 81.2 Å². The zero-order valence-corrected chi connectivity index (χ0v) is 18.4. The van der Waals surface area contributed by atoms with Gasteiger partial charge in [-0.25, -0.2) is 0 Å². The van der Waals surface area contributed by atoms with Gasteiger partial charge in [-0.15, -0.1) is 39.5 Å². The molecule has 3 amide bonds. The van der Waals surface area contributed by atoms with Gasteiger partial charge in [-0.05, 0) is 0 Å². The summed E-state index contributed by atoms with van der Waals surface area (Å²) in [6.45, 7) is 22.8.